The predicted molar refractivity (Wildman–Crippen MR) is 114 cm³/mol. The number of thiazole rings is 1. The number of rotatable bonds is 6. The van der Waals surface area contributed by atoms with Gasteiger partial charge in [-0.3, -0.25) is 9.52 Å². The van der Waals surface area contributed by atoms with Crippen LogP contribution in [0.15, 0.2) is 65.0 Å². The molecule has 1 aromatic heterocycles. The first kappa shape index (κ1) is 22.1. The molecule has 0 radical (unpaired) electrons. The van der Waals surface area contributed by atoms with Crippen LogP contribution in [-0.4, -0.2) is 32.0 Å². The Labute approximate surface area is 187 Å². The molecule has 1 fully saturated rings. The molecule has 1 N–H and O–H groups in total. The third kappa shape index (κ3) is 4.70. The second-order valence-corrected chi connectivity index (χ2v) is 9.42. The van der Waals surface area contributed by atoms with Gasteiger partial charge >= 0.3 is 6.18 Å². The van der Waals surface area contributed by atoms with E-state index in [9.17, 15) is 26.4 Å². The molecule has 1 unspecified atom stereocenters. The Hall–Kier alpha value is -3.12. The van der Waals surface area contributed by atoms with Crippen molar-refractivity contribution in [3.8, 4) is 5.75 Å². The molecule has 1 aliphatic rings. The summed E-state index contributed by atoms with van der Waals surface area (Å²) in [5.41, 5.74) is -0.404. The van der Waals surface area contributed by atoms with Gasteiger partial charge in [-0.25, -0.2) is 13.4 Å². The predicted octanol–water partition coefficient (Wildman–Crippen LogP) is 4.39. The summed E-state index contributed by atoms with van der Waals surface area (Å²) in [5, 5.41) is 1.87. The van der Waals surface area contributed by atoms with Crippen LogP contribution in [0.3, 0.4) is 0 Å². The molecule has 12 heteroatoms. The minimum Gasteiger partial charge on any atom is -0.481 e. The van der Waals surface area contributed by atoms with Crippen LogP contribution < -0.4 is 14.4 Å². The fraction of sp³-hybridized carbons (Fsp3) is 0.200. The van der Waals surface area contributed by atoms with Crippen molar-refractivity contribution in [3.63, 3.8) is 0 Å². The summed E-state index contributed by atoms with van der Waals surface area (Å²) in [5.74, 6) is -0.464. The maximum Gasteiger partial charge on any atom is 0.416 e. The highest BCUT2D eigenvalue weighted by atomic mass is 32.2. The van der Waals surface area contributed by atoms with E-state index in [0.717, 1.165) is 23.5 Å². The number of nitrogens with zero attached hydrogens (tertiary/aromatic N) is 2. The lowest BCUT2D eigenvalue weighted by Gasteiger charge is -2.18. The zero-order chi connectivity index (χ0) is 22.9. The van der Waals surface area contributed by atoms with Gasteiger partial charge < -0.3 is 9.64 Å². The van der Waals surface area contributed by atoms with E-state index in [-0.39, 0.29) is 30.2 Å². The van der Waals surface area contributed by atoms with Gasteiger partial charge in [0.1, 0.15) is 5.75 Å². The summed E-state index contributed by atoms with van der Waals surface area (Å²) >= 11 is 1.14. The van der Waals surface area contributed by atoms with Crippen LogP contribution in [0.4, 0.5) is 24.0 Å². The van der Waals surface area contributed by atoms with Gasteiger partial charge in [-0.2, -0.15) is 13.2 Å². The van der Waals surface area contributed by atoms with E-state index in [1.807, 2.05) is 0 Å². The number of benzene rings is 2. The number of anilines is 2. The van der Waals surface area contributed by atoms with Crippen LogP contribution in [0, 0.1) is 0 Å². The molecule has 0 aliphatic carbocycles. The van der Waals surface area contributed by atoms with E-state index in [1.165, 1.54) is 47.5 Å². The van der Waals surface area contributed by atoms with Gasteiger partial charge in [0.05, 0.1) is 10.5 Å². The van der Waals surface area contributed by atoms with Crippen LogP contribution in [-0.2, 0) is 21.0 Å². The van der Waals surface area contributed by atoms with Crippen molar-refractivity contribution < 1.29 is 32.5 Å². The van der Waals surface area contributed by atoms with E-state index in [0.29, 0.717) is 5.69 Å². The molecule has 7 nitrogen and oxygen atoms in total. The normalized spacial score (nSPS) is 16.9. The zero-order valence-electron chi connectivity index (χ0n) is 16.2. The molecule has 1 amide bonds. The molecule has 4 rings (SSSR count). The number of hydrogen-bond acceptors (Lipinski definition) is 6. The molecule has 170 valence electrons. The van der Waals surface area contributed by atoms with E-state index in [2.05, 4.69) is 9.71 Å². The number of carbonyl (C=O) groups excluding carboxylic acids is 1. The molecule has 1 saturated heterocycles. The molecule has 2 heterocycles. The maximum atomic E-state index is 12.9. The minimum absolute atomic E-state index is 0. The summed E-state index contributed by atoms with van der Waals surface area (Å²) in [6.07, 6.45) is -3.70. The van der Waals surface area contributed by atoms with Gasteiger partial charge in [-0.1, -0.05) is 6.07 Å². The number of ether oxygens (including phenoxy) is 1. The first-order chi connectivity index (χ1) is 15.1. The molecule has 0 spiro atoms. The summed E-state index contributed by atoms with van der Waals surface area (Å²) in [4.78, 5) is 18.0. The third-order valence-corrected chi connectivity index (χ3v) is 6.88. The number of nitrogens with one attached hydrogen (secondary N) is 1. The van der Waals surface area contributed by atoms with Crippen LogP contribution >= 0.6 is 11.3 Å². The lowest BCUT2D eigenvalue weighted by Crippen LogP contribution is -2.32. The maximum absolute atomic E-state index is 12.9. The fourth-order valence-electron chi connectivity index (χ4n) is 3.18. The lowest BCUT2D eigenvalue weighted by atomic mass is 10.2. The molecular weight excluding hydrogens is 467 g/mol. The van der Waals surface area contributed by atoms with Gasteiger partial charge in [0.25, 0.3) is 15.9 Å². The Kier molecular flexibility index (Phi) is 5.82. The van der Waals surface area contributed by atoms with Crippen molar-refractivity contribution in [2.24, 2.45) is 0 Å². The van der Waals surface area contributed by atoms with Crippen molar-refractivity contribution in [2.75, 3.05) is 16.2 Å². The van der Waals surface area contributed by atoms with Crippen molar-refractivity contribution in [1.82, 2.24) is 4.98 Å². The van der Waals surface area contributed by atoms with Crippen molar-refractivity contribution >= 4 is 38.1 Å². The Morgan fingerprint density at radius 2 is 1.94 bits per heavy atom. The largest absolute Gasteiger partial charge is 0.481 e. The molecule has 1 aliphatic heterocycles. The monoisotopic (exact) mass is 485 g/mol. The van der Waals surface area contributed by atoms with E-state index in [4.69, 9.17) is 4.74 Å². The smallest absolute Gasteiger partial charge is 0.416 e. The highest BCUT2D eigenvalue weighted by Gasteiger charge is 2.35. The van der Waals surface area contributed by atoms with Gasteiger partial charge in [0, 0.05) is 31.7 Å². The molecule has 2 aromatic carbocycles. The fourth-order valence-corrected chi connectivity index (χ4v) is 4.97. The van der Waals surface area contributed by atoms with Gasteiger partial charge in [0.2, 0.25) is 0 Å². The second-order valence-electron chi connectivity index (χ2n) is 6.85. The summed E-state index contributed by atoms with van der Waals surface area (Å²) in [6.45, 7) is 0.284. The van der Waals surface area contributed by atoms with Gasteiger partial charge in [-0.15, -0.1) is 11.3 Å². The molecular formula is C20H18F3N3O4S2. The van der Waals surface area contributed by atoms with Crippen molar-refractivity contribution in [1.29, 1.82) is 0 Å². The van der Waals surface area contributed by atoms with E-state index in [1.54, 1.807) is 5.38 Å². The zero-order valence-corrected chi connectivity index (χ0v) is 17.9. The minimum atomic E-state index is -4.51. The second kappa shape index (κ2) is 8.43. The van der Waals surface area contributed by atoms with E-state index < -0.39 is 33.8 Å². The Balaban J connectivity index is 0.00000306. The molecule has 3 aromatic rings. The Bertz CT molecular complexity index is 1220. The SMILES string of the molecule is O=C1C(Oc2cccc(C(F)(F)F)c2)CCN1c1ccc(S(=O)(=O)Nc2nccs2)cc1.[HH]. The standard InChI is InChI=1S/C20H16F3N3O4S2.H2/c21-20(22,23)13-2-1-3-15(12-13)30-17-8-10-26(18(17)27)14-4-6-16(7-5-14)32(28,29)25-19-24-9-11-31-19;/h1-7,9,11-12,17H,8,10H2,(H,24,25);1H. The van der Waals surface area contributed by atoms with Gasteiger partial charge in [0.15, 0.2) is 11.2 Å². The van der Waals surface area contributed by atoms with Crippen molar-refractivity contribution in [3.05, 3.63) is 65.7 Å². The average Bonchev–Trinajstić information content (AvgIpc) is 3.37. The summed E-state index contributed by atoms with van der Waals surface area (Å²) < 4.78 is 71.4. The number of sulfonamides is 1. The molecule has 1 atom stereocenters. The van der Waals surface area contributed by atoms with E-state index >= 15 is 0 Å². The molecule has 32 heavy (non-hydrogen) atoms. The summed E-state index contributed by atoms with van der Waals surface area (Å²) in [7, 11) is -3.83. The number of carbonyl (C=O) groups is 1. The first-order valence-electron chi connectivity index (χ1n) is 9.31. The molecule has 0 bridgehead atoms. The quantitative estimate of drug-likeness (QED) is 0.559. The highest BCUT2D eigenvalue weighted by molar-refractivity contribution is 7.93. The topological polar surface area (TPSA) is 88.6 Å². The number of amides is 1. The lowest BCUT2D eigenvalue weighted by molar-refractivity contribution is -0.137. The number of halogens is 3. The Morgan fingerprint density at radius 3 is 2.59 bits per heavy atom. The Morgan fingerprint density at radius 1 is 1.19 bits per heavy atom. The van der Waals surface area contributed by atoms with Crippen LogP contribution in [0.2, 0.25) is 0 Å². The average molecular weight is 486 g/mol. The number of alkyl halides is 3. The van der Waals surface area contributed by atoms with Gasteiger partial charge in [-0.05, 0) is 42.5 Å². The number of hydrogen-bond donors (Lipinski definition) is 1. The molecule has 0 saturated carbocycles. The van der Waals surface area contributed by atoms with Crippen LogP contribution in [0.5, 0.6) is 5.75 Å². The van der Waals surface area contributed by atoms with Crippen molar-refractivity contribution in [2.45, 2.75) is 23.6 Å². The first-order valence-corrected chi connectivity index (χ1v) is 11.7. The third-order valence-electron chi connectivity index (χ3n) is 4.71. The van der Waals surface area contributed by atoms with Crippen LogP contribution in [0.1, 0.15) is 13.4 Å². The summed E-state index contributed by atoms with van der Waals surface area (Å²) in [6, 6.07) is 10.1. The van der Waals surface area contributed by atoms with Crippen LogP contribution in [0.25, 0.3) is 0 Å². The number of aromatic nitrogens is 1. The highest BCUT2D eigenvalue weighted by Crippen LogP contribution is 2.32.